The molecular weight excluding hydrogens is 1830 g/mol. The van der Waals surface area contributed by atoms with Crippen molar-refractivity contribution in [2.75, 3.05) is 0 Å². The highest BCUT2D eigenvalue weighted by Gasteiger charge is 2.26. The first kappa shape index (κ1) is 87.2. The largest absolute Gasteiger partial charge is 0.308 e. The first-order chi connectivity index (χ1) is 74.4. The molecule has 0 aliphatic heterocycles. The summed E-state index contributed by atoms with van der Waals surface area (Å²) in [4.78, 5) is 50.2. The smallest absolute Gasteiger partial charge is 0.238 e. The summed E-state index contributed by atoms with van der Waals surface area (Å²) in [5, 5.41) is 10.3. The van der Waals surface area contributed by atoms with E-state index in [0.717, 1.165) is 227 Å². The van der Waals surface area contributed by atoms with Crippen molar-refractivity contribution in [3.8, 4) is 136 Å². The fourth-order valence-corrected chi connectivity index (χ4v) is 21.7. The number of benzene rings is 18. The first-order valence-corrected chi connectivity index (χ1v) is 50.2. The van der Waals surface area contributed by atoms with Gasteiger partial charge in [0.1, 0.15) is 5.82 Å². The molecule has 0 aliphatic carbocycles. The molecule has 0 unspecified atom stereocenters. The monoisotopic (exact) mass is 1920 g/mol. The van der Waals surface area contributed by atoms with Crippen LogP contribution in [0, 0.1) is 0 Å². The molecule has 0 N–H and O–H groups in total. The van der Waals surface area contributed by atoms with Crippen molar-refractivity contribution in [2.45, 2.75) is 0 Å². The van der Waals surface area contributed by atoms with Gasteiger partial charge in [0.05, 0.1) is 99.8 Å². The zero-order valence-electron chi connectivity index (χ0n) is 80.8. The fraction of sp³-hybridized carbons (Fsp3) is 0. The molecule has 30 aromatic rings. The van der Waals surface area contributed by atoms with Crippen molar-refractivity contribution < 1.29 is 0 Å². The molecule has 12 heterocycles. The van der Waals surface area contributed by atoms with Crippen LogP contribution in [0.5, 0.6) is 0 Å². The summed E-state index contributed by atoms with van der Waals surface area (Å²) in [7, 11) is 0. The maximum atomic E-state index is 5.19. The van der Waals surface area contributed by atoms with Crippen LogP contribution in [0.1, 0.15) is 0 Å². The molecule has 16 nitrogen and oxygen atoms in total. The van der Waals surface area contributed by atoms with E-state index in [1.54, 1.807) is 0 Å². The van der Waals surface area contributed by atoms with Gasteiger partial charge in [-0.15, -0.1) is 0 Å². The lowest BCUT2D eigenvalue weighted by Crippen LogP contribution is -2.06. The van der Waals surface area contributed by atoms with Crippen LogP contribution in [0.25, 0.3) is 267 Å². The standard InChI is InChI=1S/2C45H29N5.C44H28N6/c1-4-13-30(14-5-1)38-29-39(31-15-6-2-7-16-31)48-45(47-38)50-40-20-11-10-19-35(40)36-27-32(22-24-41(36)50)33-23-25-42-37(28-33)44-43(21-12-26-46-44)49(42)34-17-8-3-9-18-34;1-4-13-30(14-5-1)38-29-43(48-45(47-38)31-15-6-2-7-16-31)50-39-20-11-10-19-35(39)36-27-32(22-24-40(36)50)33-23-25-41-37(28-33)44-42(21-12-26-46-44)49(41)34-17-8-3-9-18-34;1-4-13-29(14-5-1)42-46-43(30-15-6-2-7-16-30)48-44(47-42)50-37-20-11-10-19-34(37)35-27-31(22-24-38(35)50)32-23-25-39-36(28-32)41-40(21-12-26-45-41)49(39)33-17-8-3-9-18-33/h2*1-29H;1-28H. The molecule has 0 amide bonds. The lowest BCUT2D eigenvalue weighted by atomic mass is 10.0. The van der Waals surface area contributed by atoms with E-state index in [1.807, 2.05) is 176 Å². The third-order valence-corrected chi connectivity index (χ3v) is 28.6. The van der Waals surface area contributed by atoms with Crippen molar-refractivity contribution in [2.24, 2.45) is 0 Å². The Bertz CT molecular complexity index is 9330. The molecule has 0 spiro atoms. The highest BCUT2D eigenvalue weighted by atomic mass is 15.2. The van der Waals surface area contributed by atoms with Gasteiger partial charge in [-0.05, 0) is 203 Å². The molecular formula is C134H86N16. The summed E-state index contributed by atoms with van der Waals surface area (Å²) in [6.45, 7) is 0. The van der Waals surface area contributed by atoms with Crippen LogP contribution in [0.15, 0.2) is 522 Å². The number of rotatable bonds is 15. The van der Waals surface area contributed by atoms with E-state index in [9.17, 15) is 0 Å². The molecule has 0 radical (unpaired) electrons. The molecule has 0 fully saturated rings. The van der Waals surface area contributed by atoms with Crippen LogP contribution in [-0.2, 0) is 0 Å². The van der Waals surface area contributed by atoms with Gasteiger partial charge >= 0.3 is 0 Å². The molecule has 0 atom stereocenters. The van der Waals surface area contributed by atoms with Crippen molar-refractivity contribution in [3.63, 3.8) is 0 Å². The number of para-hydroxylation sites is 6. The Morgan fingerprint density at radius 3 is 0.700 bits per heavy atom. The predicted molar refractivity (Wildman–Crippen MR) is 612 cm³/mol. The van der Waals surface area contributed by atoms with Crippen molar-refractivity contribution in [1.29, 1.82) is 0 Å². The minimum atomic E-state index is 0.581. The van der Waals surface area contributed by atoms with Gasteiger partial charge < -0.3 is 13.7 Å². The molecule has 0 saturated heterocycles. The summed E-state index contributed by atoms with van der Waals surface area (Å²) >= 11 is 0. The molecule has 18 aromatic carbocycles. The summed E-state index contributed by atoms with van der Waals surface area (Å²) in [6, 6.07) is 175. The average molecular weight is 1920 g/mol. The Kier molecular flexibility index (Phi) is 21.5. The molecule has 702 valence electrons. The Hall–Kier alpha value is -20.6. The second-order valence-electron chi connectivity index (χ2n) is 37.4. The second kappa shape index (κ2) is 37.0. The second-order valence-corrected chi connectivity index (χ2v) is 37.4. The topological polar surface area (TPSA) is 158 Å². The van der Waals surface area contributed by atoms with Crippen molar-refractivity contribution in [3.05, 3.63) is 522 Å². The van der Waals surface area contributed by atoms with Gasteiger partial charge in [-0.1, -0.05) is 328 Å². The highest BCUT2D eigenvalue weighted by Crippen LogP contribution is 2.45. The van der Waals surface area contributed by atoms with E-state index in [2.05, 4.69) is 373 Å². The van der Waals surface area contributed by atoms with Gasteiger partial charge in [-0.2, -0.15) is 9.97 Å². The summed E-state index contributed by atoms with van der Waals surface area (Å²) in [5.74, 6) is 4.02. The van der Waals surface area contributed by atoms with Crippen LogP contribution in [0.3, 0.4) is 0 Å². The van der Waals surface area contributed by atoms with E-state index in [0.29, 0.717) is 29.4 Å². The molecule has 0 bridgehead atoms. The average Bonchev–Trinajstić information content (AvgIpc) is 1.59. The Morgan fingerprint density at radius 2 is 0.373 bits per heavy atom. The zero-order chi connectivity index (χ0) is 99.1. The van der Waals surface area contributed by atoms with Crippen LogP contribution >= 0.6 is 0 Å². The third-order valence-electron chi connectivity index (χ3n) is 28.6. The van der Waals surface area contributed by atoms with Crippen molar-refractivity contribution >= 4 is 131 Å². The highest BCUT2D eigenvalue weighted by molar-refractivity contribution is 6.16. The zero-order valence-corrected chi connectivity index (χ0v) is 80.8. The van der Waals surface area contributed by atoms with Gasteiger partial charge in [-0.25, -0.2) is 24.9 Å². The van der Waals surface area contributed by atoms with Crippen LogP contribution in [0.4, 0.5) is 0 Å². The molecule has 16 heteroatoms. The van der Waals surface area contributed by atoms with E-state index in [4.69, 9.17) is 49.8 Å². The number of hydrogen-bond donors (Lipinski definition) is 0. The maximum Gasteiger partial charge on any atom is 0.238 e. The summed E-state index contributed by atoms with van der Waals surface area (Å²) in [6.07, 6.45) is 5.63. The normalized spacial score (nSPS) is 11.6. The van der Waals surface area contributed by atoms with Gasteiger partial charge in [0.25, 0.3) is 0 Å². The lowest BCUT2D eigenvalue weighted by molar-refractivity contribution is 0.953. The third kappa shape index (κ3) is 15.4. The Balaban J connectivity index is 0.000000108. The van der Waals surface area contributed by atoms with Gasteiger partial charge in [0.15, 0.2) is 17.5 Å². The summed E-state index contributed by atoms with van der Waals surface area (Å²) < 4.78 is 13.5. The van der Waals surface area contributed by atoms with E-state index in [-0.39, 0.29) is 0 Å². The summed E-state index contributed by atoms with van der Waals surface area (Å²) in [5.41, 5.74) is 34.9. The molecule has 30 rings (SSSR count). The van der Waals surface area contributed by atoms with Crippen LogP contribution in [0.2, 0.25) is 0 Å². The van der Waals surface area contributed by atoms with Gasteiger partial charge in [-0.3, -0.25) is 28.7 Å². The van der Waals surface area contributed by atoms with E-state index in [1.165, 1.54) is 10.8 Å². The van der Waals surface area contributed by atoms with Gasteiger partial charge in [0.2, 0.25) is 11.9 Å². The maximum absolute atomic E-state index is 5.19. The molecule has 0 aliphatic rings. The van der Waals surface area contributed by atoms with E-state index >= 15 is 0 Å². The minimum absolute atomic E-state index is 0.581. The number of hydrogen-bond acceptors (Lipinski definition) is 10. The fourth-order valence-electron chi connectivity index (χ4n) is 21.7. The number of nitrogens with zero attached hydrogens (tertiary/aromatic N) is 16. The lowest BCUT2D eigenvalue weighted by Gasteiger charge is -2.12. The predicted octanol–water partition coefficient (Wildman–Crippen LogP) is 32.6. The molecule has 12 aromatic heterocycles. The SMILES string of the molecule is c1ccc(-c2cc(-c3ccccc3)nc(-n3c4ccccc4c4cc(-c5ccc6c(c5)c5ncccc5n6-c5ccccc5)ccc43)n2)cc1.c1ccc(-c2cc(-n3c4ccccc4c4cc(-c5ccc6c(c5)c5ncccc5n6-c5ccccc5)ccc43)nc(-c3ccccc3)n2)cc1.c1ccc(-c2nc(-c3ccccc3)nc(-n3c4ccccc4c4cc(-c5ccc6c(c5)c5ncccc5n6-c5ccccc5)ccc43)n2)cc1. The van der Waals surface area contributed by atoms with Gasteiger partial charge in [0, 0.05) is 124 Å². The number of pyridine rings is 3. The Morgan fingerprint density at radius 1 is 0.133 bits per heavy atom. The van der Waals surface area contributed by atoms with Crippen molar-refractivity contribution in [1.82, 2.24) is 77.2 Å². The quantitative estimate of drug-likeness (QED) is 0.0967. The minimum Gasteiger partial charge on any atom is -0.308 e. The van der Waals surface area contributed by atoms with Crippen LogP contribution in [-0.4, -0.2) is 77.2 Å². The van der Waals surface area contributed by atoms with E-state index < -0.39 is 0 Å². The number of fused-ring (bicyclic) bond motifs is 18. The molecule has 0 saturated carbocycles. The number of aromatic nitrogens is 16. The Labute approximate surface area is 860 Å². The van der Waals surface area contributed by atoms with Crippen LogP contribution < -0.4 is 0 Å². The first-order valence-electron chi connectivity index (χ1n) is 50.2. The molecule has 150 heavy (non-hydrogen) atoms.